The molecule has 11 heteroatoms. The van der Waals surface area contributed by atoms with Crippen molar-refractivity contribution in [2.45, 2.75) is 32.6 Å². The Labute approximate surface area is 225 Å². The maximum Gasteiger partial charge on any atom is 1.00 e. The van der Waals surface area contributed by atoms with Crippen molar-refractivity contribution in [2.24, 2.45) is 0 Å². The molecule has 6 nitrogen and oxygen atoms in total. The number of rotatable bonds is 4. The van der Waals surface area contributed by atoms with E-state index < -0.39 is 11.9 Å². The average Bonchev–Trinajstić information content (AvgIpc) is 3.25. The Morgan fingerprint density at radius 2 is 1.28 bits per heavy atom. The number of hydrogen-bond acceptors (Lipinski definition) is 7. The molecule has 2 aromatic carbocycles. The minimum Gasteiger partial charge on any atom is -0.870 e. The molecule has 0 saturated heterocycles. The molecule has 0 saturated carbocycles. The van der Waals surface area contributed by atoms with E-state index in [1.54, 1.807) is 25.2 Å². The number of carboxylic acids is 1. The second-order valence-electron chi connectivity index (χ2n) is 6.93. The minimum absolute atomic E-state index is 0. The van der Waals surface area contributed by atoms with Gasteiger partial charge in [-0.2, -0.15) is 0 Å². The minimum atomic E-state index is -0.812. The fourth-order valence-corrected chi connectivity index (χ4v) is 5.17. The second-order valence-corrected chi connectivity index (χ2v) is 10.4. The Kier molecular flexibility index (Phi) is 11.1. The Bertz CT molecular complexity index is 1250. The fraction of sp³-hybridized carbons (Fsp3) is 0.238. The number of ketones is 1. The van der Waals surface area contributed by atoms with Gasteiger partial charge in [-0.05, 0) is 73.7 Å². The molecule has 0 bridgehead atoms. The van der Waals surface area contributed by atoms with Crippen molar-refractivity contribution < 1.29 is 49.7 Å². The van der Waals surface area contributed by atoms with E-state index in [0.717, 1.165) is 35.5 Å². The summed E-state index contributed by atoms with van der Waals surface area (Å²) in [5, 5.41) is 8.89. The molecule has 0 amide bonds. The number of nitrogens with one attached hydrogen (secondary N) is 2. The second kappa shape index (κ2) is 12.3. The largest absolute Gasteiger partial charge is 1.00 e. The summed E-state index contributed by atoms with van der Waals surface area (Å²) in [6, 6.07) is 11.6. The van der Waals surface area contributed by atoms with Crippen molar-refractivity contribution in [1.82, 2.24) is 9.97 Å². The first-order valence-electron chi connectivity index (χ1n) is 9.14. The average molecular weight is 517 g/mol. The topological polar surface area (TPSA) is 116 Å². The van der Waals surface area contributed by atoms with Gasteiger partial charge in [0.05, 0.1) is 26.4 Å². The molecule has 2 atom stereocenters. The molecule has 0 spiro atoms. The Morgan fingerprint density at radius 3 is 1.66 bits per heavy atom. The predicted molar refractivity (Wildman–Crippen MR) is 131 cm³/mol. The number of carbonyl (C=O) groups is 2. The van der Waals surface area contributed by atoms with Gasteiger partial charge in [0.1, 0.15) is 5.78 Å². The number of aromatic nitrogens is 2. The first-order valence-corrected chi connectivity index (χ1v) is 11.6. The first-order chi connectivity index (χ1) is 14.2. The standard InChI is InChI=1S/C11H11NOS2.C10H9NO2S2.Na.H2O/c1-6(7(2)13)8-3-4-9-10(5-8)15-11(14)12-9;1-5(9(12)13)6-2-3-7-8(4-6)15-10(14)11-7;;/h3-6H,1-2H3,(H,12,14);2-5H,1H3,(H,11,14)(H,12,13);;1H2/q;;+1;/p-1. The summed E-state index contributed by atoms with van der Waals surface area (Å²) in [6.45, 7) is 5.22. The first kappa shape index (κ1) is 28.8. The number of H-pyrrole nitrogens is 2. The van der Waals surface area contributed by atoms with E-state index in [1.807, 2.05) is 43.3 Å². The molecule has 0 aliphatic heterocycles. The number of aromatic amines is 2. The zero-order valence-electron chi connectivity index (χ0n) is 18.0. The van der Waals surface area contributed by atoms with Crippen LogP contribution in [-0.4, -0.2) is 32.3 Å². The number of benzene rings is 2. The van der Waals surface area contributed by atoms with E-state index in [9.17, 15) is 9.59 Å². The molecule has 164 valence electrons. The number of fused-ring (bicyclic) bond motifs is 2. The van der Waals surface area contributed by atoms with Crippen LogP contribution in [0.4, 0.5) is 0 Å². The van der Waals surface area contributed by atoms with Crippen molar-refractivity contribution in [3.8, 4) is 0 Å². The Hall–Kier alpha value is -1.24. The van der Waals surface area contributed by atoms with E-state index in [2.05, 4.69) is 9.97 Å². The van der Waals surface area contributed by atoms with Crippen LogP contribution in [0, 0.1) is 7.91 Å². The van der Waals surface area contributed by atoms with Crippen LogP contribution in [0.2, 0.25) is 0 Å². The number of carbonyl (C=O) groups excluding carboxylic acids is 1. The van der Waals surface area contributed by atoms with E-state index in [4.69, 9.17) is 29.5 Å². The molecule has 4 N–H and O–H groups in total. The normalized spacial score (nSPS) is 12.1. The van der Waals surface area contributed by atoms with Gasteiger partial charge in [-0.3, -0.25) is 9.59 Å². The van der Waals surface area contributed by atoms with Gasteiger partial charge in [0.15, 0.2) is 7.91 Å². The third-order valence-electron chi connectivity index (χ3n) is 4.87. The summed E-state index contributed by atoms with van der Waals surface area (Å²) < 4.78 is 3.61. The van der Waals surface area contributed by atoms with E-state index in [0.29, 0.717) is 3.95 Å². The van der Waals surface area contributed by atoms with Gasteiger partial charge in [0.25, 0.3) is 0 Å². The molecule has 0 fully saturated rings. The third-order valence-corrected chi connectivity index (χ3v) is 7.26. The van der Waals surface area contributed by atoms with Crippen LogP contribution in [0.3, 0.4) is 0 Å². The smallest absolute Gasteiger partial charge is 0.870 e. The fourth-order valence-electron chi connectivity index (χ4n) is 2.84. The SMILES string of the molecule is CC(=O)C(C)c1ccc2[nH]c(=S)sc2c1.CC(C(=O)O)c1ccc2[nH]c(=S)sc2c1.[Na+].[OH-]. The van der Waals surface area contributed by atoms with Crippen molar-refractivity contribution >= 4 is 79.3 Å². The summed E-state index contributed by atoms with van der Waals surface area (Å²) in [5.41, 5.74) is 3.87. The molecule has 2 heterocycles. The molecule has 2 unspecified atom stereocenters. The van der Waals surface area contributed by atoms with Gasteiger partial charge in [-0.1, -0.05) is 19.1 Å². The van der Waals surface area contributed by atoms with Crippen molar-refractivity contribution in [1.29, 1.82) is 0 Å². The molecular weight excluding hydrogens is 495 g/mol. The van der Waals surface area contributed by atoms with Crippen LogP contribution in [-0.2, 0) is 9.59 Å². The number of thiazole rings is 2. The van der Waals surface area contributed by atoms with E-state index in [1.165, 1.54) is 11.3 Å². The van der Waals surface area contributed by atoms with Gasteiger partial charge in [-0.25, -0.2) is 0 Å². The predicted octanol–water partition coefficient (Wildman–Crippen LogP) is 3.63. The van der Waals surface area contributed by atoms with E-state index >= 15 is 0 Å². The molecular formula is C21H21N2NaO4S4. The van der Waals surface area contributed by atoms with Crippen LogP contribution in [0.15, 0.2) is 36.4 Å². The van der Waals surface area contributed by atoms with E-state index in [-0.39, 0.29) is 46.7 Å². The third kappa shape index (κ3) is 6.88. The summed E-state index contributed by atoms with van der Waals surface area (Å²) in [7, 11) is 0. The van der Waals surface area contributed by atoms with Gasteiger partial charge < -0.3 is 20.6 Å². The van der Waals surface area contributed by atoms with Crippen molar-refractivity contribution in [3.05, 3.63) is 55.4 Å². The van der Waals surface area contributed by atoms with Crippen LogP contribution in [0.1, 0.15) is 43.7 Å². The van der Waals surface area contributed by atoms with Crippen LogP contribution in [0.25, 0.3) is 20.4 Å². The van der Waals surface area contributed by atoms with Gasteiger partial charge in [0.2, 0.25) is 0 Å². The van der Waals surface area contributed by atoms with Crippen LogP contribution < -0.4 is 29.6 Å². The van der Waals surface area contributed by atoms with Crippen LogP contribution in [0.5, 0.6) is 0 Å². The zero-order valence-corrected chi connectivity index (χ0v) is 23.2. The molecule has 0 radical (unpaired) electrons. The summed E-state index contributed by atoms with van der Waals surface area (Å²) >= 11 is 13.1. The van der Waals surface area contributed by atoms with Crippen molar-refractivity contribution in [2.75, 3.05) is 0 Å². The molecule has 0 aliphatic carbocycles. The Morgan fingerprint density at radius 1 is 0.875 bits per heavy atom. The van der Waals surface area contributed by atoms with Crippen LogP contribution >= 0.6 is 47.1 Å². The Balaban J connectivity index is 0.000000301. The van der Waals surface area contributed by atoms with Gasteiger partial charge in [0, 0.05) is 5.92 Å². The molecule has 0 aliphatic rings. The maximum atomic E-state index is 11.3. The molecule has 2 aromatic heterocycles. The summed E-state index contributed by atoms with van der Waals surface area (Å²) in [5.74, 6) is -1.14. The van der Waals surface area contributed by atoms with Gasteiger partial charge >= 0.3 is 35.5 Å². The molecule has 4 rings (SSSR count). The quantitative estimate of drug-likeness (QED) is 0.282. The number of Topliss-reactive ketones (excluding diaryl/α,β-unsaturated/α-hetero) is 1. The number of carboxylic acid groups (broad SMARTS) is 1. The number of hydrogen-bond donors (Lipinski definition) is 3. The van der Waals surface area contributed by atoms with Gasteiger partial charge in [-0.15, -0.1) is 22.7 Å². The number of aliphatic carboxylic acids is 1. The monoisotopic (exact) mass is 516 g/mol. The summed E-state index contributed by atoms with van der Waals surface area (Å²) in [6.07, 6.45) is 0. The maximum absolute atomic E-state index is 11.3. The zero-order chi connectivity index (χ0) is 22.0. The summed E-state index contributed by atoms with van der Waals surface area (Å²) in [4.78, 5) is 28.2. The van der Waals surface area contributed by atoms with Crippen molar-refractivity contribution in [3.63, 3.8) is 0 Å². The molecule has 32 heavy (non-hydrogen) atoms. The molecule has 4 aromatic rings.